The molecule has 0 fully saturated rings. The van der Waals surface area contributed by atoms with Crippen LogP contribution in [0.2, 0.25) is 0 Å². The van der Waals surface area contributed by atoms with E-state index in [2.05, 4.69) is 18.3 Å². The molecular formula is C12H18N2O. The second kappa shape index (κ2) is 4.19. The fourth-order valence-electron chi connectivity index (χ4n) is 2.52. The quantitative estimate of drug-likeness (QED) is 0.788. The summed E-state index contributed by atoms with van der Waals surface area (Å²) >= 11 is 0. The highest BCUT2D eigenvalue weighted by Crippen LogP contribution is 2.28. The van der Waals surface area contributed by atoms with Crippen molar-refractivity contribution in [1.29, 1.82) is 0 Å². The summed E-state index contributed by atoms with van der Waals surface area (Å²) in [4.78, 5) is 11.7. The van der Waals surface area contributed by atoms with Crippen LogP contribution in [0.25, 0.3) is 0 Å². The van der Waals surface area contributed by atoms with E-state index in [4.69, 9.17) is 0 Å². The van der Waals surface area contributed by atoms with Crippen molar-refractivity contribution in [1.82, 2.24) is 9.88 Å². The van der Waals surface area contributed by atoms with Gasteiger partial charge in [0.25, 0.3) is 5.56 Å². The molecule has 0 spiro atoms. The zero-order valence-corrected chi connectivity index (χ0v) is 9.36. The van der Waals surface area contributed by atoms with E-state index in [0.717, 1.165) is 13.1 Å². The van der Waals surface area contributed by atoms with E-state index in [1.54, 1.807) is 6.07 Å². The highest BCUT2D eigenvalue weighted by Gasteiger charge is 2.24. The maximum absolute atomic E-state index is 11.7. The van der Waals surface area contributed by atoms with Crippen LogP contribution in [0.5, 0.6) is 0 Å². The molecule has 1 aromatic rings. The van der Waals surface area contributed by atoms with Crippen LogP contribution in [0.3, 0.4) is 0 Å². The average molecular weight is 206 g/mol. The lowest BCUT2D eigenvalue weighted by Gasteiger charge is -2.30. The summed E-state index contributed by atoms with van der Waals surface area (Å²) in [5.74, 6) is 1.07. The Hall–Kier alpha value is -1.09. The van der Waals surface area contributed by atoms with E-state index in [1.807, 2.05) is 17.7 Å². The van der Waals surface area contributed by atoms with Crippen LogP contribution in [0.1, 0.15) is 25.0 Å². The van der Waals surface area contributed by atoms with Crippen LogP contribution >= 0.6 is 0 Å². The van der Waals surface area contributed by atoms with E-state index in [1.165, 1.54) is 12.1 Å². The van der Waals surface area contributed by atoms with Crippen molar-refractivity contribution in [3.63, 3.8) is 0 Å². The Kier molecular flexibility index (Phi) is 2.91. The molecule has 1 aliphatic heterocycles. The molecule has 2 unspecified atom stereocenters. The monoisotopic (exact) mass is 206 g/mol. The van der Waals surface area contributed by atoms with Crippen LogP contribution in [-0.2, 0) is 6.54 Å². The van der Waals surface area contributed by atoms with E-state index in [9.17, 15) is 4.79 Å². The van der Waals surface area contributed by atoms with Crippen molar-refractivity contribution >= 4 is 0 Å². The van der Waals surface area contributed by atoms with Crippen molar-refractivity contribution in [2.75, 3.05) is 13.6 Å². The number of likely N-dealkylation sites (N-methyl/N-ethyl adjacent to an activating group) is 1. The summed E-state index contributed by atoms with van der Waals surface area (Å²) in [6, 6.07) is 5.60. The third kappa shape index (κ3) is 1.97. The Morgan fingerprint density at radius 2 is 2.33 bits per heavy atom. The summed E-state index contributed by atoms with van der Waals surface area (Å²) in [6.07, 6.45) is 1.17. The molecule has 2 rings (SSSR count). The Morgan fingerprint density at radius 1 is 1.53 bits per heavy atom. The molecule has 3 heteroatoms. The van der Waals surface area contributed by atoms with Gasteiger partial charge in [-0.05, 0) is 25.5 Å². The van der Waals surface area contributed by atoms with Crippen LogP contribution in [0.15, 0.2) is 23.0 Å². The molecule has 1 aromatic heterocycles. The first-order valence-corrected chi connectivity index (χ1v) is 5.56. The van der Waals surface area contributed by atoms with Gasteiger partial charge in [0, 0.05) is 30.8 Å². The first kappa shape index (κ1) is 10.4. The average Bonchev–Trinajstić information content (AvgIpc) is 2.20. The smallest absolute Gasteiger partial charge is 0.250 e. The van der Waals surface area contributed by atoms with Gasteiger partial charge in [0.1, 0.15) is 0 Å². The highest BCUT2D eigenvalue weighted by atomic mass is 16.1. The highest BCUT2D eigenvalue weighted by molar-refractivity contribution is 5.15. The lowest BCUT2D eigenvalue weighted by atomic mass is 9.88. The maximum atomic E-state index is 11.7. The van der Waals surface area contributed by atoms with Gasteiger partial charge in [0.2, 0.25) is 0 Å². The van der Waals surface area contributed by atoms with Gasteiger partial charge in [-0.1, -0.05) is 13.0 Å². The molecule has 3 nitrogen and oxygen atoms in total. The standard InChI is InChI=1S/C12H18N2O/c1-9-6-10(7-13-2)11-4-3-5-12(15)14(11)8-9/h3-5,9-10,13H,6-8H2,1-2H3. The van der Waals surface area contributed by atoms with E-state index in [0.29, 0.717) is 11.8 Å². The second-order valence-electron chi connectivity index (χ2n) is 4.49. The van der Waals surface area contributed by atoms with E-state index < -0.39 is 0 Å². The first-order chi connectivity index (χ1) is 7.22. The topological polar surface area (TPSA) is 34.0 Å². The van der Waals surface area contributed by atoms with Crippen LogP contribution in [-0.4, -0.2) is 18.2 Å². The zero-order valence-electron chi connectivity index (χ0n) is 9.36. The van der Waals surface area contributed by atoms with E-state index >= 15 is 0 Å². The largest absolute Gasteiger partial charge is 0.319 e. The SMILES string of the molecule is CNCC1CC(C)Cn2c1cccc2=O. The number of nitrogens with zero attached hydrogens (tertiary/aromatic N) is 1. The van der Waals surface area contributed by atoms with Gasteiger partial charge in [-0.2, -0.15) is 0 Å². The number of hydrogen-bond acceptors (Lipinski definition) is 2. The molecule has 0 saturated carbocycles. The molecule has 1 N–H and O–H groups in total. The summed E-state index contributed by atoms with van der Waals surface area (Å²) in [7, 11) is 1.96. The molecule has 0 saturated heterocycles. The third-order valence-corrected chi connectivity index (χ3v) is 3.13. The molecular weight excluding hydrogens is 188 g/mol. The Morgan fingerprint density at radius 3 is 3.07 bits per heavy atom. The molecule has 2 heterocycles. The molecule has 0 amide bonds. The van der Waals surface area contributed by atoms with Crippen molar-refractivity contribution in [2.45, 2.75) is 25.8 Å². The normalized spacial score (nSPS) is 24.9. The second-order valence-corrected chi connectivity index (χ2v) is 4.49. The molecule has 1 aliphatic rings. The van der Waals surface area contributed by atoms with Gasteiger partial charge < -0.3 is 9.88 Å². The van der Waals surface area contributed by atoms with Crippen LogP contribution < -0.4 is 10.9 Å². The van der Waals surface area contributed by atoms with Crippen molar-refractivity contribution in [3.8, 4) is 0 Å². The first-order valence-electron chi connectivity index (χ1n) is 5.56. The number of pyridine rings is 1. The minimum absolute atomic E-state index is 0.139. The molecule has 0 aromatic carbocycles. The molecule has 2 atom stereocenters. The van der Waals surface area contributed by atoms with Crippen molar-refractivity contribution in [2.24, 2.45) is 5.92 Å². The predicted octanol–water partition coefficient (Wildman–Crippen LogP) is 1.19. The van der Waals surface area contributed by atoms with Gasteiger partial charge in [-0.3, -0.25) is 4.79 Å². The fraction of sp³-hybridized carbons (Fsp3) is 0.583. The van der Waals surface area contributed by atoms with E-state index in [-0.39, 0.29) is 5.56 Å². The summed E-state index contributed by atoms with van der Waals surface area (Å²) < 4.78 is 1.93. The lowest BCUT2D eigenvalue weighted by molar-refractivity contribution is 0.335. The third-order valence-electron chi connectivity index (χ3n) is 3.13. The molecule has 82 valence electrons. The van der Waals surface area contributed by atoms with Gasteiger partial charge >= 0.3 is 0 Å². The van der Waals surface area contributed by atoms with Crippen molar-refractivity contribution < 1.29 is 0 Å². The van der Waals surface area contributed by atoms with Gasteiger partial charge in [-0.25, -0.2) is 0 Å². The number of aromatic nitrogens is 1. The zero-order chi connectivity index (χ0) is 10.8. The fourth-order valence-corrected chi connectivity index (χ4v) is 2.52. The number of nitrogens with one attached hydrogen (secondary N) is 1. The summed E-state index contributed by atoms with van der Waals surface area (Å²) in [6.45, 7) is 4.04. The lowest BCUT2D eigenvalue weighted by Crippen LogP contribution is -2.34. The van der Waals surface area contributed by atoms with Crippen LogP contribution in [0.4, 0.5) is 0 Å². The number of fused-ring (bicyclic) bond motifs is 1. The number of rotatable bonds is 2. The summed E-state index contributed by atoms with van der Waals surface area (Å²) in [5, 5.41) is 3.20. The van der Waals surface area contributed by atoms with Gasteiger partial charge in [-0.15, -0.1) is 0 Å². The predicted molar refractivity (Wildman–Crippen MR) is 61.2 cm³/mol. The molecule has 0 radical (unpaired) electrons. The summed E-state index contributed by atoms with van der Waals surface area (Å²) in [5.41, 5.74) is 1.33. The van der Waals surface area contributed by atoms with Crippen LogP contribution in [0, 0.1) is 5.92 Å². The van der Waals surface area contributed by atoms with Gasteiger partial charge in [0.15, 0.2) is 0 Å². The molecule has 0 aliphatic carbocycles. The minimum atomic E-state index is 0.139. The minimum Gasteiger partial charge on any atom is -0.319 e. The molecule has 0 bridgehead atoms. The Balaban J connectivity index is 2.42. The Labute approximate surface area is 90.1 Å². The number of hydrogen-bond donors (Lipinski definition) is 1. The Bertz CT molecular complexity index is 397. The maximum Gasteiger partial charge on any atom is 0.250 e. The van der Waals surface area contributed by atoms with Gasteiger partial charge in [0.05, 0.1) is 0 Å². The van der Waals surface area contributed by atoms with Crippen molar-refractivity contribution in [3.05, 3.63) is 34.2 Å². The molecule has 15 heavy (non-hydrogen) atoms.